The molecule has 160 valence electrons. The van der Waals surface area contributed by atoms with Gasteiger partial charge in [0.15, 0.2) is 0 Å². The SMILES string of the molecule is CCC(=O)N1CCN([C@@H](C(=O)Nc2cc(OC)cc(OC)c2)C2CCCC2)CC1. The number of carbonyl (C=O) groups excluding carboxylic acids is 2. The van der Waals surface area contributed by atoms with Gasteiger partial charge in [0, 0.05) is 56.5 Å². The van der Waals surface area contributed by atoms with Crippen molar-refractivity contribution in [1.82, 2.24) is 9.80 Å². The molecule has 1 saturated heterocycles. The molecule has 1 heterocycles. The zero-order valence-electron chi connectivity index (χ0n) is 17.8. The van der Waals surface area contributed by atoms with Crippen molar-refractivity contribution in [2.75, 3.05) is 45.7 Å². The van der Waals surface area contributed by atoms with E-state index in [4.69, 9.17) is 9.47 Å². The van der Waals surface area contributed by atoms with Crippen LogP contribution in [-0.2, 0) is 9.59 Å². The Morgan fingerprint density at radius 1 is 1.03 bits per heavy atom. The minimum atomic E-state index is -0.173. The summed E-state index contributed by atoms with van der Waals surface area (Å²) in [6, 6.07) is 5.23. The third-order valence-corrected chi connectivity index (χ3v) is 6.10. The van der Waals surface area contributed by atoms with Gasteiger partial charge in [0.05, 0.1) is 20.3 Å². The van der Waals surface area contributed by atoms with Crippen LogP contribution in [0.25, 0.3) is 0 Å². The fourth-order valence-electron chi connectivity index (χ4n) is 4.52. The van der Waals surface area contributed by atoms with Crippen molar-refractivity contribution in [2.24, 2.45) is 5.92 Å². The maximum atomic E-state index is 13.4. The first kappa shape index (κ1) is 21.4. The number of methoxy groups -OCH3 is 2. The Balaban J connectivity index is 1.74. The topological polar surface area (TPSA) is 71.1 Å². The van der Waals surface area contributed by atoms with E-state index in [0.717, 1.165) is 25.9 Å². The van der Waals surface area contributed by atoms with Gasteiger partial charge in [0.1, 0.15) is 11.5 Å². The average Bonchev–Trinajstić information content (AvgIpc) is 3.27. The van der Waals surface area contributed by atoms with Crippen LogP contribution < -0.4 is 14.8 Å². The smallest absolute Gasteiger partial charge is 0.242 e. The van der Waals surface area contributed by atoms with E-state index < -0.39 is 0 Å². The number of nitrogens with zero attached hydrogens (tertiary/aromatic N) is 2. The first-order chi connectivity index (χ1) is 14.0. The van der Waals surface area contributed by atoms with Crippen molar-refractivity contribution < 1.29 is 19.1 Å². The van der Waals surface area contributed by atoms with E-state index in [2.05, 4.69) is 10.2 Å². The molecule has 0 radical (unpaired) electrons. The molecular weight excluding hydrogens is 370 g/mol. The van der Waals surface area contributed by atoms with Gasteiger partial charge in [-0.3, -0.25) is 14.5 Å². The molecule has 1 N–H and O–H groups in total. The van der Waals surface area contributed by atoms with E-state index >= 15 is 0 Å². The van der Waals surface area contributed by atoms with Crippen molar-refractivity contribution in [2.45, 2.75) is 45.1 Å². The van der Waals surface area contributed by atoms with E-state index in [0.29, 0.717) is 42.6 Å². The number of benzene rings is 1. The molecule has 0 spiro atoms. The molecule has 7 nitrogen and oxygen atoms in total. The summed E-state index contributed by atoms with van der Waals surface area (Å²) in [5.74, 6) is 1.85. The fraction of sp³-hybridized carbons (Fsp3) is 0.636. The fourth-order valence-corrected chi connectivity index (χ4v) is 4.52. The van der Waals surface area contributed by atoms with Crippen molar-refractivity contribution in [3.8, 4) is 11.5 Å². The molecule has 29 heavy (non-hydrogen) atoms. The van der Waals surface area contributed by atoms with Gasteiger partial charge in [-0.1, -0.05) is 19.8 Å². The predicted molar refractivity (Wildman–Crippen MR) is 112 cm³/mol. The van der Waals surface area contributed by atoms with Crippen molar-refractivity contribution in [1.29, 1.82) is 0 Å². The lowest BCUT2D eigenvalue weighted by Crippen LogP contribution is -2.56. The van der Waals surface area contributed by atoms with E-state index in [1.165, 1.54) is 12.8 Å². The maximum Gasteiger partial charge on any atom is 0.242 e. The maximum absolute atomic E-state index is 13.4. The largest absolute Gasteiger partial charge is 0.497 e. The summed E-state index contributed by atoms with van der Waals surface area (Å²) >= 11 is 0. The molecule has 1 aliphatic heterocycles. The Kier molecular flexibility index (Phi) is 7.36. The summed E-state index contributed by atoms with van der Waals surface area (Å²) in [6.07, 6.45) is 5.04. The Morgan fingerprint density at radius 3 is 2.14 bits per heavy atom. The molecule has 0 unspecified atom stereocenters. The van der Waals surface area contributed by atoms with E-state index in [-0.39, 0.29) is 17.9 Å². The number of ether oxygens (including phenoxy) is 2. The average molecular weight is 404 g/mol. The normalized spacial score (nSPS) is 19.1. The molecule has 0 aromatic heterocycles. The number of rotatable bonds is 7. The van der Waals surface area contributed by atoms with Crippen LogP contribution in [0.1, 0.15) is 39.0 Å². The van der Waals surface area contributed by atoms with Gasteiger partial charge in [-0.2, -0.15) is 0 Å². The van der Waals surface area contributed by atoms with Crippen LogP contribution in [0.15, 0.2) is 18.2 Å². The Hall–Kier alpha value is -2.28. The molecular formula is C22H33N3O4. The molecule has 7 heteroatoms. The molecule has 2 fully saturated rings. The summed E-state index contributed by atoms with van der Waals surface area (Å²) in [5.41, 5.74) is 0.675. The van der Waals surface area contributed by atoms with Crippen LogP contribution in [0, 0.1) is 5.92 Å². The highest BCUT2D eigenvalue weighted by Gasteiger charge is 2.37. The molecule has 2 amide bonds. The zero-order valence-corrected chi connectivity index (χ0v) is 17.8. The molecule has 1 aromatic rings. The molecule has 2 aliphatic rings. The first-order valence-electron chi connectivity index (χ1n) is 10.6. The van der Waals surface area contributed by atoms with E-state index in [1.54, 1.807) is 20.3 Å². The second-order valence-corrected chi connectivity index (χ2v) is 7.85. The highest BCUT2D eigenvalue weighted by molar-refractivity contribution is 5.95. The second-order valence-electron chi connectivity index (χ2n) is 7.85. The van der Waals surface area contributed by atoms with Gasteiger partial charge in [-0.05, 0) is 18.8 Å². The lowest BCUT2D eigenvalue weighted by Gasteiger charge is -2.40. The summed E-state index contributed by atoms with van der Waals surface area (Å²) in [6.45, 7) is 4.75. The first-order valence-corrected chi connectivity index (χ1v) is 10.6. The van der Waals surface area contributed by atoms with Crippen molar-refractivity contribution in [3.05, 3.63) is 18.2 Å². The summed E-state index contributed by atoms with van der Waals surface area (Å²) in [4.78, 5) is 29.5. The van der Waals surface area contributed by atoms with Gasteiger partial charge >= 0.3 is 0 Å². The molecule has 1 aliphatic carbocycles. The van der Waals surface area contributed by atoms with Crippen LogP contribution >= 0.6 is 0 Å². The Bertz CT molecular complexity index is 688. The number of amides is 2. The third kappa shape index (κ3) is 5.21. The highest BCUT2D eigenvalue weighted by atomic mass is 16.5. The van der Waals surface area contributed by atoms with Crippen LogP contribution in [-0.4, -0.2) is 68.1 Å². The van der Waals surface area contributed by atoms with Crippen LogP contribution in [0.3, 0.4) is 0 Å². The number of piperazine rings is 1. The lowest BCUT2D eigenvalue weighted by atomic mass is 9.94. The summed E-state index contributed by atoms with van der Waals surface area (Å²) in [5, 5.41) is 3.09. The molecule has 1 aromatic carbocycles. The van der Waals surface area contributed by atoms with Crippen LogP contribution in [0.5, 0.6) is 11.5 Å². The number of anilines is 1. The number of hydrogen-bond donors (Lipinski definition) is 1. The van der Waals surface area contributed by atoms with Gasteiger partial charge < -0.3 is 19.7 Å². The van der Waals surface area contributed by atoms with Gasteiger partial charge in [0.25, 0.3) is 0 Å². The van der Waals surface area contributed by atoms with Crippen molar-refractivity contribution in [3.63, 3.8) is 0 Å². The second kappa shape index (κ2) is 9.96. The van der Waals surface area contributed by atoms with E-state index in [9.17, 15) is 9.59 Å². The molecule has 3 rings (SSSR count). The summed E-state index contributed by atoms with van der Waals surface area (Å²) in [7, 11) is 3.19. The van der Waals surface area contributed by atoms with E-state index in [1.807, 2.05) is 24.0 Å². The standard InChI is InChI=1S/C22H33N3O4/c1-4-20(26)24-9-11-25(12-10-24)21(16-7-5-6-8-16)22(27)23-17-13-18(28-2)15-19(14-17)29-3/h13-16,21H,4-12H2,1-3H3,(H,23,27)/t21-/m1/s1. The molecule has 1 saturated carbocycles. The van der Waals surface area contributed by atoms with Gasteiger partial charge in [0.2, 0.25) is 11.8 Å². The molecule has 0 bridgehead atoms. The Labute approximate surface area is 173 Å². The van der Waals surface area contributed by atoms with Crippen molar-refractivity contribution >= 4 is 17.5 Å². The summed E-state index contributed by atoms with van der Waals surface area (Å²) < 4.78 is 10.6. The number of nitrogens with one attached hydrogen (secondary N) is 1. The third-order valence-electron chi connectivity index (χ3n) is 6.10. The number of hydrogen-bond acceptors (Lipinski definition) is 5. The number of carbonyl (C=O) groups is 2. The highest BCUT2D eigenvalue weighted by Crippen LogP contribution is 2.32. The zero-order chi connectivity index (χ0) is 20.8. The predicted octanol–water partition coefficient (Wildman–Crippen LogP) is 2.76. The molecule has 1 atom stereocenters. The lowest BCUT2D eigenvalue weighted by molar-refractivity contribution is -0.134. The van der Waals surface area contributed by atoms with Crippen LogP contribution in [0.4, 0.5) is 5.69 Å². The van der Waals surface area contributed by atoms with Gasteiger partial charge in [-0.15, -0.1) is 0 Å². The monoisotopic (exact) mass is 403 g/mol. The Morgan fingerprint density at radius 2 is 1.62 bits per heavy atom. The minimum absolute atomic E-state index is 0.0162. The van der Waals surface area contributed by atoms with Crippen LogP contribution in [0.2, 0.25) is 0 Å². The minimum Gasteiger partial charge on any atom is -0.497 e. The van der Waals surface area contributed by atoms with Gasteiger partial charge in [-0.25, -0.2) is 0 Å². The quantitative estimate of drug-likeness (QED) is 0.758.